The van der Waals surface area contributed by atoms with Crippen molar-refractivity contribution in [2.24, 2.45) is 5.73 Å². The van der Waals surface area contributed by atoms with Crippen LogP contribution in [0.3, 0.4) is 0 Å². The standard InChI is InChI=1S/C13H13NOS/c14-13(12-2-1-7-16-12)10-3-4-11-9(8-10)5-6-15-11/h1-4,7-8,13H,5-6,14H2/t13-/m1/s1. The summed E-state index contributed by atoms with van der Waals surface area (Å²) in [5.74, 6) is 1.02. The summed E-state index contributed by atoms with van der Waals surface area (Å²) < 4.78 is 5.49. The van der Waals surface area contributed by atoms with E-state index in [-0.39, 0.29) is 6.04 Å². The molecular formula is C13H13NOS. The maximum absolute atomic E-state index is 6.22. The molecule has 0 unspecified atom stereocenters. The van der Waals surface area contributed by atoms with Crippen molar-refractivity contribution in [2.75, 3.05) is 6.61 Å². The van der Waals surface area contributed by atoms with E-state index < -0.39 is 0 Å². The van der Waals surface area contributed by atoms with Gasteiger partial charge in [0.2, 0.25) is 0 Å². The quantitative estimate of drug-likeness (QED) is 0.862. The second-order valence-corrected chi connectivity index (χ2v) is 4.94. The minimum Gasteiger partial charge on any atom is -0.493 e. The monoisotopic (exact) mass is 231 g/mol. The number of benzene rings is 1. The fourth-order valence-corrected chi connectivity index (χ4v) is 2.79. The Kier molecular flexibility index (Phi) is 2.42. The third kappa shape index (κ3) is 1.62. The Labute approximate surface area is 98.7 Å². The lowest BCUT2D eigenvalue weighted by Gasteiger charge is -2.11. The minimum atomic E-state index is -0.00843. The van der Waals surface area contributed by atoms with E-state index in [1.807, 2.05) is 12.1 Å². The molecule has 0 fully saturated rings. The molecule has 0 bridgehead atoms. The molecule has 2 aromatic rings. The lowest BCUT2D eigenvalue weighted by Crippen LogP contribution is -2.10. The van der Waals surface area contributed by atoms with E-state index in [0.717, 1.165) is 18.8 Å². The first-order chi connectivity index (χ1) is 7.84. The van der Waals surface area contributed by atoms with Crippen molar-refractivity contribution in [3.05, 3.63) is 51.7 Å². The van der Waals surface area contributed by atoms with Crippen LogP contribution in [0.25, 0.3) is 0 Å². The van der Waals surface area contributed by atoms with Gasteiger partial charge in [-0.2, -0.15) is 0 Å². The number of rotatable bonds is 2. The average molecular weight is 231 g/mol. The molecule has 2 nitrogen and oxygen atoms in total. The molecule has 0 saturated carbocycles. The van der Waals surface area contributed by atoms with Gasteiger partial charge < -0.3 is 10.5 Å². The summed E-state index contributed by atoms with van der Waals surface area (Å²) in [6, 6.07) is 10.4. The summed E-state index contributed by atoms with van der Waals surface area (Å²) in [5.41, 5.74) is 8.68. The zero-order valence-corrected chi connectivity index (χ0v) is 9.67. The minimum absolute atomic E-state index is 0.00843. The summed E-state index contributed by atoms with van der Waals surface area (Å²) >= 11 is 1.70. The van der Waals surface area contributed by atoms with Gasteiger partial charge >= 0.3 is 0 Å². The first kappa shape index (κ1) is 9.87. The first-order valence-corrected chi connectivity index (χ1v) is 6.27. The average Bonchev–Trinajstić information content (AvgIpc) is 2.98. The van der Waals surface area contributed by atoms with Gasteiger partial charge in [-0.15, -0.1) is 11.3 Å². The largest absolute Gasteiger partial charge is 0.493 e. The zero-order chi connectivity index (χ0) is 11.0. The number of ether oxygens (including phenoxy) is 1. The van der Waals surface area contributed by atoms with Gasteiger partial charge in [0.25, 0.3) is 0 Å². The van der Waals surface area contributed by atoms with Crippen LogP contribution in [0, 0.1) is 0 Å². The van der Waals surface area contributed by atoms with Gasteiger partial charge in [0.1, 0.15) is 5.75 Å². The van der Waals surface area contributed by atoms with Gasteiger partial charge in [0, 0.05) is 11.3 Å². The maximum Gasteiger partial charge on any atom is 0.122 e. The van der Waals surface area contributed by atoms with Crippen LogP contribution in [0.4, 0.5) is 0 Å². The highest BCUT2D eigenvalue weighted by Gasteiger charge is 2.16. The molecule has 1 aliphatic heterocycles. The maximum atomic E-state index is 6.22. The third-order valence-corrected chi connectivity index (χ3v) is 3.88. The molecule has 3 rings (SSSR count). The summed E-state index contributed by atoms with van der Waals surface area (Å²) in [5, 5.41) is 2.06. The molecule has 1 aromatic carbocycles. The smallest absolute Gasteiger partial charge is 0.122 e. The molecule has 0 saturated heterocycles. The van der Waals surface area contributed by atoms with E-state index in [1.54, 1.807) is 11.3 Å². The van der Waals surface area contributed by atoms with Gasteiger partial charge in [-0.25, -0.2) is 0 Å². The van der Waals surface area contributed by atoms with Crippen molar-refractivity contribution >= 4 is 11.3 Å². The normalized spacial score (nSPS) is 15.6. The van der Waals surface area contributed by atoms with Crippen LogP contribution in [0.15, 0.2) is 35.7 Å². The zero-order valence-electron chi connectivity index (χ0n) is 8.85. The third-order valence-electron chi connectivity index (χ3n) is 2.92. The van der Waals surface area contributed by atoms with Crippen LogP contribution in [0.5, 0.6) is 5.75 Å². The summed E-state index contributed by atoms with van der Waals surface area (Å²) in [6.07, 6.45) is 1.00. The van der Waals surface area contributed by atoms with Gasteiger partial charge in [0.05, 0.1) is 12.6 Å². The van der Waals surface area contributed by atoms with E-state index in [1.165, 1.54) is 16.0 Å². The molecule has 82 valence electrons. The fourth-order valence-electron chi connectivity index (χ4n) is 2.03. The van der Waals surface area contributed by atoms with E-state index in [0.29, 0.717) is 0 Å². The molecule has 16 heavy (non-hydrogen) atoms. The van der Waals surface area contributed by atoms with Crippen molar-refractivity contribution in [3.8, 4) is 5.75 Å². The van der Waals surface area contributed by atoms with Crippen LogP contribution in [-0.4, -0.2) is 6.61 Å². The van der Waals surface area contributed by atoms with Gasteiger partial charge in [-0.05, 0) is 28.6 Å². The molecule has 1 aromatic heterocycles. The molecule has 2 N–H and O–H groups in total. The van der Waals surface area contributed by atoms with Gasteiger partial charge in [0.15, 0.2) is 0 Å². The van der Waals surface area contributed by atoms with Gasteiger partial charge in [-0.3, -0.25) is 0 Å². The summed E-state index contributed by atoms with van der Waals surface area (Å²) in [4.78, 5) is 1.21. The first-order valence-electron chi connectivity index (χ1n) is 5.39. The highest BCUT2D eigenvalue weighted by Crippen LogP contribution is 2.30. The summed E-state index contributed by atoms with van der Waals surface area (Å²) in [7, 11) is 0. The predicted octanol–water partition coefficient (Wildman–Crippen LogP) is 2.73. The Hall–Kier alpha value is -1.32. The molecule has 0 aliphatic carbocycles. The highest BCUT2D eigenvalue weighted by atomic mass is 32.1. The van der Waals surface area contributed by atoms with E-state index in [2.05, 4.69) is 23.6 Å². The number of hydrogen-bond donors (Lipinski definition) is 1. The van der Waals surface area contributed by atoms with Crippen LogP contribution >= 0.6 is 11.3 Å². The van der Waals surface area contributed by atoms with Crippen molar-refractivity contribution < 1.29 is 4.74 Å². The molecule has 0 amide bonds. The van der Waals surface area contributed by atoms with E-state index >= 15 is 0 Å². The predicted molar refractivity (Wildman–Crippen MR) is 66.0 cm³/mol. The van der Waals surface area contributed by atoms with Crippen LogP contribution in [0.2, 0.25) is 0 Å². The fraction of sp³-hybridized carbons (Fsp3) is 0.231. The van der Waals surface area contributed by atoms with Crippen LogP contribution < -0.4 is 10.5 Å². The molecule has 0 radical (unpaired) electrons. The molecule has 1 atom stereocenters. The lowest BCUT2D eigenvalue weighted by atomic mass is 10.0. The Morgan fingerprint density at radius 1 is 1.31 bits per heavy atom. The second-order valence-electron chi connectivity index (χ2n) is 3.96. The second kappa shape index (κ2) is 3.92. The Morgan fingerprint density at radius 3 is 3.06 bits per heavy atom. The highest BCUT2D eigenvalue weighted by molar-refractivity contribution is 7.10. The van der Waals surface area contributed by atoms with E-state index in [4.69, 9.17) is 10.5 Å². The molecule has 0 spiro atoms. The van der Waals surface area contributed by atoms with Crippen molar-refractivity contribution in [1.82, 2.24) is 0 Å². The van der Waals surface area contributed by atoms with Gasteiger partial charge in [-0.1, -0.05) is 18.2 Å². The Balaban J connectivity index is 1.95. The molecule has 2 heterocycles. The number of fused-ring (bicyclic) bond motifs is 1. The molecule has 1 aliphatic rings. The Bertz CT molecular complexity index is 493. The number of thiophene rings is 1. The van der Waals surface area contributed by atoms with Crippen molar-refractivity contribution in [3.63, 3.8) is 0 Å². The Morgan fingerprint density at radius 2 is 2.25 bits per heavy atom. The van der Waals surface area contributed by atoms with Crippen molar-refractivity contribution in [2.45, 2.75) is 12.5 Å². The van der Waals surface area contributed by atoms with Crippen molar-refractivity contribution in [1.29, 1.82) is 0 Å². The van der Waals surface area contributed by atoms with E-state index in [9.17, 15) is 0 Å². The molecular weight excluding hydrogens is 218 g/mol. The van der Waals surface area contributed by atoms with Crippen LogP contribution in [-0.2, 0) is 6.42 Å². The topological polar surface area (TPSA) is 35.2 Å². The molecule has 3 heteroatoms. The van der Waals surface area contributed by atoms with Crippen LogP contribution in [0.1, 0.15) is 22.0 Å². The lowest BCUT2D eigenvalue weighted by molar-refractivity contribution is 0.357. The number of nitrogens with two attached hydrogens (primary N) is 1. The SMILES string of the molecule is N[C@H](c1ccc2c(c1)CCO2)c1cccs1. The summed E-state index contributed by atoms with van der Waals surface area (Å²) in [6.45, 7) is 0.799. The number of hydrogen-bond acceptors (Lipinski definition) is 3.